The first-order valence-electron chi connectivity index (χ1n) is 7.48. The second-order valence-corrected chi connectivity index (χ2v) is 6.68. The van der Waals surface area contributed by atoms with Crippen LogP contribution in [0.15, 0.2) is 5.16 Å². The van der Waals surface area contributed by atoms with Gasteiger partial charge >= 0.3 is 5.97 Å². The van der Waals surface area contributed by atoms with Gasteiger partial charge in [-0.3, -0.25) is 4.79 Å². The van der Waals surface area contributed by atoms with Crippen LogP contribution in [0.1, 0.15) is 38.4 Å². The van der Waals surface area contributed by atoms with Gasteiger partial charge in [0, 0.05) is 12.8 Å². The van der Waals surface area contributed by atoms with E-state index in [1.807, 2.05) is 25.5 Å². The minimum absolute atomic E-state index is 0.191. The predicted octanol–water partition coefficient (Wildman–Crippen LogP) is 1.84. The normalized spacial score (nSPS) is 25.4. The second kappa shape index (κ2) is 6.79. The number of thioether (sulfide) groups is 1. The summed E-state index contributed by atoms with van der Waals surface area (Å²) in [6, 6.07) is 0. The lowest BCUT2D eigenvalue weighted by atomic mass is 9.85. The Morgan fingerprint density at radius 3 is 2.90 bits per heavy atom. The SMILES string of the molecule is CCNC1(C(=O)O)CCCC1CCSc1nnc(C)n1C. The maximum absolute atomic E-state index is 11.7. The van der Waals surface area contributed by atoms with Gasteiger partial charge in [0.05, 0.1) is 0 Å². The summed E-state index contributed by atoms with van der Waals surface area (Å²) >= 11 is 1.65. The van der Waals surface area contributed by atoms with Gasteiger partial charge in [-0.25, -0.2) is 0 Å². The van der Waals surface area contributed by atoms with Crippen LogP contribution in [0.5, 0.6) is 0 Å². The highest BCUT2D eigenvalue weighted by Crippen LogP contribution is 2.39. The summed E-state index contributed by atoms with van der Waals surface area (Å²) in [6.07, 6.45) is 3.58. The van der Waals surface area contributed by atoms with Crippen molar-refractivity contribution >= 4 is 17.7 Å². The number of hydrogen-bond acceptors (Lipinski definition) is 5. The number of carboxylic acids is 1. The summed E-state index contributed by atoms with van der Waals surface area (Å²) < 4.78 is 1.97. The van der Waals surface area contributed by atoms with Gasteiger partial charge in [0.2, 0.25) is 0 Å². The molecule has 118 valence electrons. The van der Waals surface area contributed by atoms with Crippen LogP contribution in [0.25, 0.3) is 0 Å². The van der Waals surface area contributed by atoms with Crippen molar-refractivity contribution in [1.29, 1.82) is 0 Å². The fraction of sp³-hybridized carbons (Fsp3) is 0.786. The number of aromatic nitrogens is 3. The maximum Gasteiger partial charge on any atom is 0.324 e. The van der Waals surface area contributed by atoms with Gasteiger partial charge in [0.1, 0.15) is 11.4 Å². The molecule has 2 unspecified atom stereocenters. The van der Waals surface area contributed by atoms with Crippen molar-refractivity contribution in [2.45, 2.75) is 50.2 Å². The summed E-state index contributed by atoms with van der Waals surface area (Å²) in [7, 11) is 1.95. The van der Waals surface area contributed by atoms with E-state index in [0.717, 1.165) is 42.4 Å². The lowest BCUT2D eigenvalue weighted by Crippen LogP contribution is -2.54. The van der Waals surface area contributed by atoms with E-state index in [1.165, 1.54) is 0 Å². The number of hydrogen-bond donors (Lipinski definition) is 2. The van der Waals surface area contributed by atoms with Crippen LogP contribution in [0.3, 0.4) is 0 Å². The number of nitrogens with one attached hydrogen (secondary N) is 1. The second-order valence-electron chi connectivity index (χ2n) is 5.62. The van der Waals surface area contributed by atoms with Gasteiger partial charge in [0.15, 0.2) is 5.16 Å². The first-order valence-corrected chi connectivity index (χ1v) is 8.47. The van der Waals surface area contributed by atoms with Crippen LogP contribution >= 0.6 is 11.8 Å². The average Bonchev–Trinajstić information content (AvgIpc) is 2.99. The minimum atomic E-state index is -0.731. The molecule has 2 rings (SSSR count). The van der Waals surface area contributed by atoms with E-state index in [-0.39, 0.29) is 5.92 Å². The summed E-state index contributed by atoms with van der Waals surface area (Å²) in [5.74, 6) is 1.26. The van der Waals surface area contributed by atoms with Crippen molar-refractivity contribution in [3.8, 4) is 0 Å². The summed E-state index contributed by atoms with van der Waals surface area (Å²) in [4.78, 5) is 11.7. The van der Waals surface area contributed by atoms with Gasteiger partial charge in [-0.15, -0.1) is 10.2 Å². The predicted molar refractivity (Wildman–Crippen MR) is 82.5 cm³/mol. The Morgan fingerprint density at radius 2 is 2.33 bits per heavy atom. The Morgan fingerprint density at radius 1 is 1.57 bits per heavy atom. The quantitative estimate of drug-likeness (QED) is 0.748. The molecule has 0 bridgehead atoms. The molecule has 1 saturated carbocycles. The first kappa shape index (κ1) is 16.3. The molecule has 1 aromatic rings. The molecule has 1 heterocycles. The maximum atomic E-state index is 11.7. The third-order valence-corrected chi connectivity index (χ3v) is 5.50. The van der Waals surface area contributed by atoms with Gasteiger partial charge in [-0.2, -0.15) is 0 Å². The van der Waals surface area contributed by atoms with Crippen molar-refractivity contribution in [3.63, 3.8) is 0 Å². The molecule has 0 amide bonds. The lowest BCUT2D eigenvalue weighted by molar-refractivity contribution is -0.146. The van der Waals surface area contributed by atoms with Gasteiger partial charge in [-0.1, -0.05) is 25.1 Å². The van der Waals surface area contributed by atoms with Crippen LogP contribution in [-0.4, -0.2) is 43.7 Å². The Bertz CT molecular complexity index is 505. The molecule has 6 nitrogen and oxygen atoms in total. The molecule has 2 atom stereocenters. The fourth-order valence-corrected chi connectivity index (χ4v) is 4.19. The van der Waals surface area contributed by atoms with E-state index in [2.05, 4.69) is 15.5 Å². The largest absolute Gasteiger partial charge is 0.480 e. The van der Waals surface area contributed by atoms with Gasteiger partial charge in [0.25, 0.3) is 0 Å². The van der Waals surface area contributed by atoms with Crippen molar-refractivity contribution in [1.82, 2.24) is 20.1 Å². The van der Waals surface area contributed by atoms with E-state index in [0.29, 0.717) is 6.54 Å². The van der Waals surface area contributed by atoms with E-state index in [1.54, 1.807) is 11.8 Å². The third kappa shape index (κ3) is 3.23. The molecule has 0 spiro atoms. The highest BCUT2D eigenvalue weighted by atomic mass is 32.2. The highest BCUT2D eigenvalue weighted by Gasteiger charge is 2.48. The molecule has 1 aromatic heterocycles. The number of rotatable bonds is 7. The molecule has 0 aromatic carbocycles. The van der Waals surface area contributed by atoms with Gasteiger partial charge < -0.3 is 15.0 Å². The van der Waals surface area contributed by atoms with E-state index in [4.69, 9.17) is 0 Å². The smallest absolute Gasteiger partial charge is 0.324 e. The summed E-state index contributed by atoms with van der Waals surface area (Å²) in [5, 5.41) is 21.9. The number of carboxylic acid groups (broad SMARTS) is 1. The monoisotopic (exact) mass is 312 g/mol. The Hall–Kier alpha value is -1.08. The van der Waals surface area contributed by atoms with Gasteiger partial charge in [-0.05, 0) is 38.6 Å². The molecule has 1 aliphatic rings. The molecule has 1 aliphatic carbocycles. The Labute approximate surface area is 129 Å². The van der Waals surface area contributed by atoms with Crippen LogP contribution in [0, 0.1) is 12.8 Å². The summed E-state index contributed by atoms with van der Waals surface area (Å²) in [6.45, 7) is 4.59. The minimum Gasteiger partial charge on any atom is -0.480 e. The molecule has 21 heavy (non-hydrogen) atoms. The molecular weight excluding hydrogens is 288 g/mol. The van der Waals surface area contributed by atoms with Crippen molar-refractivity contribution in [2.24, 2.45) is 13.0 Å². The molecule has 0 saturated heterocycles. The number of aryl methyl sites for hydroxylation is 1. The van der Waals surface area contributed by atoms with E-state index in [9.17, 15) is 9.90 Å². The van der Waals surface area contributed by atoms with Crippen LogP contribution < -0.4 is 5.32 Å². The zero-order chi connectivity index (χ0) is 15.5. The van der Waals surface area contributed by atoms with Crippen molar-refractivity contribution in [3.05, 3.63) is 5.82 Å². The standard InChI is InChI=1S/C14H24N4O2S/c1-4-15-14(12(19)20)8-5-6-11(14)7-9-21-13-17-16-10(2)18(13)3/h11,15H,4-9H2,1-3H3,(H,19,20). The lowest BCUT2D eigenvalue weighted by Gasteiger charge is -2.32. The average molecular weight is 312 g/mol. The topological polar surface area (TPSA) is 80.0 Å². The van der Waals surface area contributed by atoms with E-state index >= 15 is 0 Å². The van der Waals surface area contributed by atoms with Crippen molar-refractivity contribution in [2.75, 3.05) is 12.3 Å². The zero-order valence-corrected chi connectivity index (χ0v) is 13.7. The van der Waals surface area contributed by atoms with Crippen LogP contribution in [0.4, 0.5) is 0 Å². The first-order chi connectivity index (χ1) is 10.0. The fourth-order valence-electron chi connectivity index (χ4n) is 3.18. The molecule has 0 radical (unpaired) electrons. The zero-order valence-electron chi connectivity index (χ0n) is 12.9. The molecule has 2 N–H and O–H groups in total. The number of likely N-dealkylation sites (N-methyl/N-ethyl adjacent to an activating group) is 1. The molecular formula is C14H24N4O2S. The van der Waals surface area contributed by atoms with Crippen LogP contribution in [-0.2, 0) is 11.8 Å². The van der Waals surface area contributed by atoms with Crippen LogP contribution in [0.2, 0.25) is 0 Å². The van der Waals surface area contributed by atoms with E-state index < -0.39 is 11.5 Å². The number of nitrogens with zero attached hydrogens (tertiary/aromatic N) is 3. The Balaban J connectivity index is 1.95. The number of aliphatic carboxylic acids is 1. The third-order valence-electron chi connectivity index (χ3n) is 4.44. The Kier molecular flexibility index (Phi) is 5.27. The highest BCUT2D eigenvalue weighted by molar-refractivity contribution is 7.99. The van der Waals surface area contributed by atoms with Crippen molar-refractivity contribution < 1.29 is 9.90 Å². The number of carbonyl (C=O) groups is 1. The summed E-state index contributed by atoms with van der Waals surface area (Å²) in [5.41, 5.74) is -0.731. The molecule has 7 heteroatoms. The molecule has 0 aliphatic heterocycles. The molecule has 1 fully saturated rings.